The summed E-state index contributed by atoms with van der Waals surface area (Å²) in [7, 11) is 1.34. The minimum atomic E-state index is -0.323. The van der Waals surface area contributed by atoms with Gasteiger partial charge in [-0.3, -0.25) is 9.59 Å². The Morgan fingerprint density at radius 1 is 1.23 bits per heavy atom. The van der Waals surface area contributed by atoms with Gasteiger partial charge in [-0.25, -0.2) is 0 Å². The molecule has 122 valence electrons. The molecular weight excluding hydrogens is 325 g/mol. The van der Waals surface area contributed by atoms with Crippen LogP contribution in [0.5, 0.6) is 0 Å². The first-order chi connectivity index (χ1) is 10.3. The number of methoxy groups -OCH3 is 1. The van der Waals surface area contributed by atoms with E-state index in [0.29, 0.717) is 29.1 Å². The largest absolute Gasteiger partial charge is 0.469 e. The minimum absolute atomic E-state index is 0.0454. The molecule has 1 aromatic carbocycles. The number of benzene rings is 1. The van der Waals surface area contributed by atoms with Crippen LogP contribution in [0.25, 0.3) is 0 Å². The molecule has 1 rings (SSSR count). The van der Waals surface area contributed by atoms with Crippen molar-refractivity contribution in [2.24, 2.45) is 5.92 Å². The summed E-state index contributed by atoms with van der Waals surface area (Å²) in [6.45, 7) is 5.00. The number of hydrogen-bond acceptors (Lipinski definition) is 3. The van der Waals surface area contributed by atoms with E-state index >= 15 is 0 Å². The van der Waals surface area contributed by atoms with Gasteiger partial charge in [0.1, 0.15) is 0 Å². The number of halogens is 2. The Labute approximate surface area is 141 Å². The molecule has 0 saturated carbocycles. The quantitative estimate of drug-likeness (QED) is 0.709. The number of carbonyl (C=O) groups excluding carboxylic acids is 2. The average Bonchev–Trinajstić information content (AvgIpc) is 2.46. The highest BCUT2D eigenvalue weighted by molar-refractivity contribution is 6.42. The lowest BCUT2D eigenvalue weighted by Gasteiger charge is -2.24. The molecule has 1 amide bonds. The number of esters is 1. The van der Waals surface area contributed by atoms with E-state index in [0.717, 1.165) is 5.56 Å². The molecule has 0 bridgehead atoms. The highest BCUT2D eigenvalue weighted by Crippen LogP contribution is 2.23. The molecule has 0 spiro atoms. The third-order valence-corrected chi connectivity index (χ3v) is 3.83. The monoisotopic (exact) mass is 345 g/mol. The van der Waals surface area contributed by atoms with Gasteiger partial charge in [-0.15, -0.1) is 0 Å². The lowest BCUT2D eigenvalue weighted by molar-refractivity contribution is -0.141. The highest BCUT2D eigenvalue weighted by Gasteiger charge is 2.17. The fourth-order valence-electron chi connectivity index (χ4n) is 2.02. The smallest absolute Gasteiger partial charge is 0.307 e. The van der Waals surface area contributed by atoms with E-state index in [1.807, 2.05) is 13.8 Å². The Morgan fingerprint density at radius 2 is 1.91 bits per heavy atom. The van der Waals surface area contributed by atoms with Crippen LogP contribution < -0.4 is 0 Å². The number of nitrogens with zero attached hydrogens (tertiary/aromatic N) is 1. The molecule has 6 heteroatoms. The standard InChI is InChI=1S/C16H21Cl2NO3/c1-11(2)10-19(7-6-16(21)22-3)15(20)9-12-4-5-13(17)14(18)8-12/h4-5,8,11H,6-7,9-10H2,1-3H3. The fourth-order valence-corrected chi connectivity index (χ4v) is 2.34. The Morgan fingerprint density at radius 3 is 2.45 bits per heavy atom. The Kier molecular flexibility index (Phi) is 7.69. The average molecular weight is 346 g/mol. The minimum Gasteiger partial charge on any atom is -0.469 e. The van der Waals surface area contributed by atoms with Crippen molar-refractivity contribution in [3.8, 4) is 0 Å². The Bertz CT molecular complexity index is 532. The van der Waals surface area contributed by atoms with Crippen LogP contribution in [-0.4, -0.2) is 37.0 Å². The van der Waals surface area contributed by atoms with Crippen LogP contribution in [0.4, 0.5) is 0 Å². The first-order valence-corrected chi connectivity index (χ1v) is 7.87. The van der Waals surface area contributed by atoms with Gasteiger partial charge in [-0.05, 0) is 23.6 Å². The summed E-state index contributed by atoms with van der Waals surface area (Å²) in [5.74, 6) is -0.0533. The second kappa shape index (κ2) is 9.01. The first kappa shape index (κ1) is 18.8. The Hall–Kier alpha value is -1.26. The first-order valence-electron chi connectivity index (χ1n) is 7.12. The van der Waals surface area contributed by atoms with E-state index in [1.165, 1.54) is 7.11 Å². The number of carbonyl (C=O) groups is 2. The number of amides is 1. The van der Waals surface area contributed by atoms with Crippen molar-refractivity contribution >= 4 is 35.1 Å². The van der Waals surface area contributed by atoms with Crippen molar-refractivity contribution in [1.29, 1.82) is 0 Å². The molecule has 0 aromatic heterocycles. The van der Waals surface area contributed by atoms with Gasteiger partial charge in [-0.2, -0.15) is 0 Å². The lowest BCUT2D eigenvalue weighted by atomic mass is 10.1. The van der Waals surface area contributed by atoms with Crippen LogP contribution >= 0.6 is 23.2 Å². The van der Waals surface area contributed by atoms with Crippen molar-refractivity contribution in [3.05, 3.63) is 33.8 Å². The van der Waals surface area contributed by atoms with Gasteiger partial charge in [0.15, 0.2) is 0 Å². The maximum Gasteiger partial charge on any atom is 0.307 e. The molecule has 0 aliphatic heterocycles. The van der Waals surface area contributed by atoms with E-state index in [4.69, 9.17) is 23.2 Å². The van der Waals surface area contributed by atoms with E-state index < -0.39 is 0 Å². The molecule has 0 atom stereocenters. The van der Waals surface area contributed by atoms with Gasteiger partial charge in [0.2, 0.25) is 5.91 Å². The van der Waals surface area contributed by atoms with Crippen LogP contribution in [0.15, 0.2) is 18.2 Å². The van der Waals surface area contributed by atoms with Crippen LogP contribution in [0.3, 0.4) is 0 Å². The van der Waals surface area contributed by atoms with Crippen molar-refractivity contribution < 1.29 is 14.3 Å². The molecule has 22 heavy (non-hydrogen) atoms. The van der Waals surface area contributed by atoms with Crippen LogP contribution in [-0.2, 0) is 20.7 Å². The summed E-state index contributed by atoms with van der Waals surface area (Å²) < 4.78 is 4.62. The molecule has 0 fully saturated rings. The summed E-state index contributed by atoms with van der Waals surface area (Å²) in [6.07, 6.45) is 0.418. The van der Waals surface area contributed by atoms with Crippen molar-refractivity contribution in [2.75, 3.05) is 20.2 Å². The van der Waals surface area contributed by atoms with Crippen LogP contribution in [0.2, 0.25) is 10.0 Å². The normalized spacial score (nSPS) is 10.6. The number of ether oxygens (including phenoxy) is 1. The van der Waals surface area contributed by atoms with E-state index in [1.54, 1.807) is 23.1 Å². The van der Waals surface area contributed by atoms with Gasteiger partial charge < -0.3 is 9.64 Å². The SMILES string of the molecule is COC(=O)CCN(CC(C)C)C(=O)Cc1ccc(Cl)c(Cl)c1. The van der Waals surface area contributed by atoms with E-state index in [-0.39, 0.29) is 24.7 Å². The third-order valence-electron chi connectivity index (χ3n) is 3.09. The van der Waals surface area contributed by atoms with E-state index in [2.05, 4.69) is 4.74 Å². The van der Waals surface area contributed by atoms with Gasteiger partial charge in [0, 0.05) is 13.1 Å². The predicted octanol–water partition coefficient (Wildman–Crippen LogP) is 3.58. The molecule has 4 nitrogen and oxygen atoms in total. The fraction of sp³-hybridized carbons (Fsp3) is 0.500. The topological polar surface area (TPSA) is 46.6 Å². The zero-order valence-corrected chi connectivity index (χ0v) is 14.6. The molecule has 0 unspecified atom stereocenters. The lowest BCUT2D eigenvalue weighted by Crippen LogP contribution is -2.37. The summed E-state index contributed by atoms with van der Waals surface area (Å²) in [4.78, 5) is 25.4. The number of hydrogen-bond donors (Lipinski definition) is 0. The molecule has 0 radical (unpaired) electrons. The zero-order chi connectivity index (χ0) is 16.7. The predicted molar refractivity (Wildman–Crippen MR) is 88.2 cm³/mol. The molecule has 0 saturated heterocycles. The Balaban J connectivity index is 2.73. The molecule has 1 aromatic rings. The maximum absolute atomic E-state index is 12.4. The third kappa shape index (κ3) is 6.24. The summed E-state index contributed by atoms with van der Waals surface area (Å²) in [5, 5.41) is 0.888. The van der Waals surface area contributed by atoms with Crippen molar-refractivity contribution in [1.82, 2.24) is 4.90 Å². The van der Waals surface area contributed by atoms with Gasteiger partial charge in [-0.1, -0.05) is 43.1 Å². The van der Waals surface area contributed by atoms with E-state index in [9.17, 15) is 9.59 Å². The second-order valence-electron chi connectivity index (χ2n) is 5.48. The van der Waals surface area contributed by atoms with Gasteiger partial charge >= 0.3 is 5.97 Å². The summed E-state index contributed by atoms with van der Waals surface area (Å²) in [6, 6.07) is 5.14. The summed E-state index contributed by atoms with van der Waals surface area (Å²) >= 11 is 11.8. The van der Waals surface area contributed by atoms with Gasteiger partial charge in [0.05, 0.1) is 30.0 Å². The number of rotatable bonds is 7. The van der Waals surface area contributed by atoms with Crippen LogP contribution in [0.1, 0.15) is 25.8 Å². The molecule has 0 aliphatic carbocycles. The van der Waals surface area contributed by atoms with Crippen LogP contribution in [0, 0.1) is 5.92 Å². The van der Waals surface area contributed by atoms with Gasteiger partial charge in [0.25, 0.3) is 0 Å². The van der Waals surface area contributed by atoms with Crippen molar-refractivity contribution in [2.45, 2.75) is 26.7 Å². The molecule has 0 N–H and O–H groups in total. The summed E-state index contributed by atoms with van der Waals surface area (Å²) in [5.41, 5.74) is 0.797. The molecular formula is C16H21Cl2NO3. The van der Waals surface area contributed by atoms with Crippen molar-refractivity contribution in [3.63, 3.8) is 0 Å². The highest BCUT2D eigenvalue weighted by atomic mass is 35.5. The molecule has 0 heterocycles. The molecule has 0 aliphatic rings. The maximum atomic E-state index is 12.4. The second-order valence-corrected chi connectivity index (χ2v) is 6.30. The zero-order valence-electron chi connectivity index (χ0n) is 13.1.